The first-order valence-corrected chi connectivity index (χ1v) is 23.2. The fourth-order valence-corrected chi connectivity index (χ4v) is 10.8. The van der Waals surface area contributed by atoms with Crippen LogP contribution >= 0.6 is 8.17 Å². The molecule has 0 aliphatic carbocycles. The molecule has 0 spiro atoms. The van der Waals surface area contributed by atoms with Gasteiger partial charge in [0.1, 0.15) is 58.7 Å². The van der Waals surface area contributed by atoms with Crippen molar-refractivity contribution in [2.75, 3.05) is 51.6 Å². The highest BCUT2D eigenvalue weighted by molar-refractivity contribution is 7.55. The van der Waals surface area contributed by atoms with E-state index in [-0.39, 0.29) is 105 Å². The van der Waals surface area contributed by atoms with E-state index in [0.29, 0.717) is 17.2 Å². The molecule has 8 rings (SSSR count). The number of halogens is 4. The van der Waals surface area contributed by atoms with Crippen molar-refractivity contribution in [3.63, 3.8) is 0 Å². The Labute approximate surface area is 373 Å². The van der Waals surface area contributed by atoms with Gasteiger partial charge in [0.2, 0.25) is 6.79 Å². The zero-order valence-electron chi connectivity index (χ0n) is 38.0. The Morgan fingerprint density at radius 3 is 2.42 bits per heavy atom. The molecule has 6 heterocycles. The smallest absolute Gasteiger partial charge is 0.463 e. The molecule has 0 radical (unpaired) electrons. The van der Waals surface area contributed by atoms with Gasteiger partial charge in [-0.2, -0.15) is 14.9 Å². The third-order valence-corrected chi connectivity index (χ3v) is 13.5. The van der Waals surface area contributed by atoms with Crippen molar-refractivity contribution in [2.45, 2.75) is 129 Å². The summed E-state index contributed by atoms with van der Waals surface area (Å²) in [6.07, 6.45) is -0.101. The summed E-state index contributed by atoms with van der Waals surface area (Å²) in [4.78, 5) is 42.1. The minimum absolute atomic E-state index is 0. The van der Waals surface area contributed by atoms with Crippen LogP contribution in [0.4, 0.5) is 28.2 Å². The number of amides is 1. The molecule has 4 atom stereocenters. The number of hydrogen-bond donors (Lipinski definition) is 2. The number of nitrogens with one attached hydrogen (secondary N) is 1. The summed E-state index contributed by atoms with van der Waals surface area (Å²) < 4.78 is 99.7. The van der Waals surface area contributed by atoms with Crippen LogP contribution in [0.5, 0.6) is 11.8 Å². The Balaban J connectivity index is 0.00000700. The SMILES string of the molecule is CCC[C@@]1(COc2nc3c4cnc(c(F)c4n2)-c2cc(OCO[P+](O)(OC(C)(C)C)OC(C)(C)C)cc4ccc(F)c(c24)CCCOC(=O)N[C@]2(C)C[C@@H](F)CN3C2)C[C@@H](F)CN1C.[HH]. The van der Waals surface area contributed by atoms with E-state index in [1.54, 1.807) is 59.4 Å². The van der Waals surface area contributed by atoms with E-state index < -0.39 is 67.3 Å². The molecular formula is C45H62F4N6O8P+. The lowest BCUT2D eigenvalue weighted by atomic mass is 9.90. The monoisotopic (exact) mass is 921 g/mol. The van der Waals surface area contributed by atoms with Crippen molar-refractivity contribution >= 4 is 41.8 Å². The van der Waals surface area contributed by atoms with Crippen LogP contribution in [0, 0.1) is 11.6 Å². The van der Waals surface area contributed by atoms with E-state index in [1.165, 1.54) is 24.4 Å². The second-order valence-electron chi connectivity index (χ2n) is 19.4. The van der Waals surface area contributed by atoms with Crippen LogP contribution in [0.15, 0.2) is 30.5 Å². The maximum Gasteiger partial charge on any atom is 0.577 e. The highest BCUT2D eigenvalue weighted by atomic mass is 31.2. The molecule has 0 saturated carbocycles. The van der Waals surface area contributed by atoms with Crippen LogP contribution in [-0.4, -0.2) is 112 Å². The van der Waals surface area contributed by atoms with Crippen molar-refractivity contribution in [2.24, 2.45) is 0 Å². The summed E-state index contributed by atoms with van der Waals surface area (Å²) in [7, 11) is -2.12. The molecule has 19 heteroatoms. The number of carbonyl (C=O) groups is 1. The summed E-state index contributed by atoms with van der Waals surface area (Å²) >= 11 is 0. The van der Waals surface area contributed by atoms with Crippen LogP contribution in [0.2, 0.25) is 0 Å². The number of ether oxygens (including phenoxy) is 3. The maximum absolute atomic E-state index is 17.7. The first-order valence-electron chi connectivity index (χ1n) is 21.7. The second-order valence-corrected chi connectivity index (χ2v) is 21.0. The van der Waals surface area contributed by atoms with Gasteiger partial charge in [0.25, 0.3) is 0 Å². The predicted octanol–water partition coefficient (Wildman–Crippen LogP) is 9.59. The number of fused-ring (bicyclic) bond motifs is 6. The summed E-state index contributed by atoms with van der Waals surface area (Å²) in [6.45, 7) is 13.6. The third kappa shape index (κ3) is 10.7. The molecule has 6 bridgehead atoms. The molecule has 352 valence electrons. The molecule has 4 aliphatic heterocycles. The summed E-state index contributed by atoms with van der Waals surface area (Å²) in [5.41, 5.74) is -3.64. The molecule has 2 aromatic carbocycles. The lowest BCUT2D eigenvalue weighted by Crippen LogP contribution is -2.60. The molecule has 2 saturated heterocycles. The molecular weight excluding hydrogens is 859 g/mol. The number of alkyl halides is 2. The average Bonchev–Trinajstić information content (AvgIpc) is 3.45. The van der Waals surface area contributed by atoms with Crippen LogP contribution in [0.3, 0.4) is 0 Å². The van der Waals surface area contributed by atoms with Crippen molar-refractivity contribution in [1.82, 2.24) is 25.2 Å². The standard InChI is InChI=1S/C45H59F4N6O8P.H2/c1-10-15-45(20-29(47)22-54(45)9)25-59-40-51-38-33-21-50-37(36(38)49)32-18-30(60-26-61-64(57,62-42(2,3)4)63-43(5,6)7)17-27-13-14-34(48)31(35(27)32)12-11-16-58-41(56)53-44(8)19-28(46)23-55(24-44)39(33)52-40;/h13-14,17-18,21,28-29,57H,10-12,15-16,19-20,22-26H2,1-9H3;1H/p+1/t28-,29-,44-,45+;/m1./s1. The van der Waals surface area contributed by atoms with Gasteiger partial charge in [-0.1, -0.05) is 19.4 Å². The van der Waals surface area contributed by atoms with Crippen molar-refractivity contribution in [3.05, 3.63) is 47.7 Å². The van der Waals surface area contributed by atoms with Crippen molar-refractivity contribution < 1.29 is 56.5 Å². The Kier molecular flexibility index (Phi) is 13.6. The van der Waals surface area contributed by atoms with Crippen LogP contribution in [0.25, 0.3) is 32.9 Å². The topological polar surface area (TPSA) is 150 Å². The maximum atomic E-state index is 17.7. The lowest BCUT2D eigenvalue weighted by Gasteiger charge is -2.42. The van der Waals surface area contributed by atoms with E-state index in [1.807, 2.05) is 18.9 Å². The van der Waals surface area contributed by atoms with E-state index >= 15 is 13.2 Å². The largest absolute Gasteiger partial charge is 0.577 e. The number of nitrogens with zero attached hydrogens (tertiary/aromatic N) is 5. The van der Waals surface area contributed by atoms with Gasteiger partial charge in [-0.25, -0.2) is 22.4 Å². The molecule has 1 amide bonds. The first kappa shape index (κ1) is 47.8. The lowest BCUT2D eigenvalue weighted by molar-refractivity contribution is -0.0402. The number of piperidine rings is 1. The highest BCUT2D eigenvalue weighted by Crippen LogP contribution is 2.63. The van der Waals surface area contributed by atoms with Gasteiger partial charge in [-0.3, -0.25) is 9.88 Å². The normalized spacial score (nSPS) is 23.7. The summed E-state index contributed by atoms with van der Waals surface area (Å²) in [5, 5.41) is 3.70. The number of hydrogen-bond acceptors (Lipinski definition) is 13. The molecule has 64 heavy (non-hydrogen) atoms. The average molecular weight is 922 g/mol. The van der Waals surface area contributed by atoms with E-state index in [0.717, 1.165) is 6.42 Å². The third-order valence-electron chi connectivity index (χ3n) is 11.5. The Morgan fingerprint density at radius 2 is 1.75 bits per heavy atom. The van der Waals surface area contributed by atoms with Gasteiger partial charge in [-0.05, 0) is 109 Å². The van der Waals surface area contributed by atoms with Crippen molar-refractivity contribution in [1.29, 1.82) is 0 Å². The quantitative estimate of drug-likeness (QED) is 0.0836. The molecule has 4 aliphatic rings. The van der Waals surface area contributed by atoms with Crippen molar-refractivity contribution in [3.8, 4) is 23.0 Å². The number of aryl methyl sites for hydroxylation is 1. The number of alkyl carbamates (subject to hydrolysis) is 1. The van der Waals surface area contributed by atoms with Gasteiger partial charge >= 0.3 is 20.3 Å². The summed E-state index contributed by atoms with van der Waals surface area (Å²) in [6, 6.07) is 5.68. The van der Waals surface area contributed by atoms with Crippen LogP contribution < -0.4 is 19.7 Å². The number of likely N-dealkylation sites (N-methyl/N-ethyl adjacent to an activating group) is 1. The van der Waals surface area contributed by atoms with Gasteiger partial charge in [0, 0.05) is 39.1 Å². The van der Waals surface area contributed by atoms with E-state index in [9.17, 15) is 14.1 Å². The van der Waals surface area contributed by atoms with Crippen LogP contribution in [-0.2, 0) is 24.7 Å². The fraction of sp³-hybridized carbons (Fsp3) is 0.600. The number of pyridine rings is 1. The number of benzene rings is 2. The molecule has 2 aromatic heterocycles. The minimum Gasteiger partial charge on any atom is -0.463 e. The first-order chi connectivity index (χ1) is 30.0. The number of carbonyl (C=O) groups excluding carboxylic acids is 1. The predicted molar refractivity (Wildman–Crippen MR) is 238 cm³/mol. The number of rotatable bonds is 11. The zero-order chi connectivity index (χ0) is 46.4. The fourth-order valence-electron chi connectivity index (χ4n) is 9.06. The number of likely N-dealkylation sites (tertiary alicyclic amines) is 1. The minimum atomic E-state index is -3.96. The highest BCUT2D eigenvalue weighted by Gasteiger charge is 2.53. The second kappa shape index (κ2) is 18.2. The molecule has 0 unspecified atom stereocenters. The van der Waals surface area contributed by atoms with Gasteiger partial charge < -0.3 is 24.4 Å². The Morgan fingerprint density at radius 1 is 1.03 bits per heavy atom. The van der Waals surface area contributed by atoms with Crippen LogP contribution in [0.1, 0.15) is 94.5 Å². The summed E-state index contributed by atoms with van der Waals surface area (Å²) in [5.74, 6) is -1.24. The molecule has 4 aromatic rings. The van der Waals surface area contributed by atoms with Gasteiger partial charge in [0.05, 0.1) is 29.6 Å². The van der Waals surface area contributed by atoms with E-state index in [2.05, 4.69) is 15.3 Å². The van der Waals surface area contributed by atoms with Gasteiger partial charge in [-0.15, -0.1) is 13.6 Å². The Bertz CT molecular complexity index is 2360. The molecule has 2 fully saturated rings. The van der Waals surface area contributed by atoms with Gasteiger partial charge in [0.15, 0.2) is 5.82 Å². The molecule has 14 nitrogen and oxygen atoms in total. The zero-order valence-corrected chi connectivity index (χ0v) is 38.9. The molecule has 2 N–H and O–H groups in total. The number of anilines is 1. The van der Waals surface area contributed by atoms with E-state index in [4.69, 9.17) is 32.8 Å². The Hall–Kier alpha value is -4.19. The number of aromatic nitrogens is 3.